The van der Waals surface area contributed by atoms with Crippen LogP contribution in [0.2, 0.25) is 0 Å². The first kappa shape index (κ1) is 17.8. The molecule has 0 spiro atoms. The first-order chi connectivity index (χ1) is 9.81. The number of benzene rings is 1. The van der Waals surface area contributed by atoms with E-state index in [0.717, 1.165) is 44.5 Å². The number of carbonyl (C=O) groups excluding carboxylic acids is 1. The van der Waals surface area contributed by atoms with Crippen molar-refractivity contribution in [3.05, 3.63) is 35.9 Å². The number of nitrogens with one attached hydrogen (secondary N) is 1. The average Bonchev–Trinajstić information content (AvgIpc) is 2.52. The highest BCUT2D eigenvalue weighted by molar-refractivity contribution is 5.85. The van der Waals surface area contributed by atoms with Gasteiger partial charge in [0.25, 0.3) is 0 Å². The molecule has 1 aliphatic heterocycles. The number of nitrogens with zero attached hydrogens (tertiary/aromatic N) is 1. The molecule has 1 fully saturated rings. The van der Waals surface area contributed by atoms with Crippen LogP contribution in [0.15, 0.2) is 30.3 Å². The number of ether oxygens (including phenoxy) is 1. The van der Waals surface area contributed by atoms with E-state index in [1.165, 1.54) is 0 Å². The van der Waals surface area contributed by atoms with Gasteiger partial charge in [0.05, 0.1) is 0 Å². The number of unbranched alkanes of at least 4 members (excludes halogenated alkanes) is 1. The molecule has 0 radical (unpaired) electrons. The molecule has 0 bridgehead atoms. The van der Waals surface area contributed by atoms with Crippen LogP contribution in [0.25, 0.3) is 0 Å². The summed E-state index contributed by atoms with van der Waals surface area (Å²) < 4.78 is 5.44. The molecule has 2 rings (SSSR count). The summed E-state index contributed by atoms with van der Waals surface area (Å²) in [6, 6.07) is 10.1. The smallest absolute Gasteiger partial charge is 0.410 e. The highest BCUT2D eigenvalue weighted by Gasteiger charge is 2.27. The number of carbonyl (C=O) groups is 1. The van der Waals surface area contributed by atoms with Gasteiger partial charge in [0.2, 0.25) is 0 Å². The van der Waals surface area contributed by atoms with Crippen LogP contribution >= 0.6 is 12.4 Å². The number of amides is 1. The topological polar surface area (TPSA) is 41.6 Å². The van der Waals surface area contributed by atoms with Crippen molar-refractivity contribution in [3.8, 4) is 0 Å². The Morgan fingerprint density at radius 3 is 2.86 bits per heavy atom. The highest BCUT2D eigenvalue weighted by atomic mass is 35.5. The van der Waals surface area contributed by atoms with E-state index < -0.39 is 0 Å². The number of halogens is 1. The summed E-state index contributed by atoms with van der Waals surface area (Å²) in [7, 11) is 0. The number of hydrogen-bond donors (Lipinski definition) is 1. The molecular weight excluding hydrogens is 288 g/mol. The molecule has 4 nitrogen and oxygen atoms in total. The van der Waals surface area contributed by atoms with Crippen molar-refractivity contribution >= 4 is 18.5 Å². The Bertz CT molecular complexity index is 414. The minimum atomic E-state index is -0.184. The van der Waals surface area contributed by atoms with Gasteiger partial charge in [-0.1, -0.05) is 50.1 Å². The first-order valence-electron chi connectivity index (χ1n) is 7.49. The lowest BCUT2D eigenvalue weighted by Gasteiger charge is -2.35. The maximum atomic E-state index is 12.2. The van der Waals surface area contributed by atoms with Gasteiger partial charge in [0.15, 0.2) is 0 Å². The van der Waals surface area contributed by atoms with Gasteiger partial charge >= 0.3 is 6.09 Å². The van der Waals surface area contributed by atoms with Gasteiger partial charge in [-0.25, -0.2) is 4.79 Å². The fourth-order valence-corrected chi connectivity index (χ4v) is 2.50. The third-order valence-corrected chi connectivity index (χ3v) is 3.68. The SMILES string of the molecule is CCCC[C@H]1CNCCN1C(=O)OCc1ccccc1.Cl. The first-order valence-corrected chi connectivity index (χ1v) is 7.49. The maximum Gasteiger partial charge on any atom is 0.410 e. The lowest BCUT2D eigenvalue weighted by atomic mass is 10.1. The standard InChI is InChI=1S/C16H24N2O2.ClH/c1-2-3-9-15-12-17-10-11-18(15)16(19)20-13-14-7-5-4-6-8-14;/h4-8,15,17H,2-3,9-13H2,1H3;1H/t15-;/m0./s1. The Morgan fingerprint density at radius 1 is 1.38 bits per heavy atom. The minimum Gasteiger partial charge on any atom is -0.445 e. The largest absolute Gasteiger partial charge is 0.445 e. The molecule has 1 N–H and O–H groups in total. The zero-order chi connectivity index (χ0) is 14.2. The van der Waals surface area contributed by atoms with Crippen LogP contribution in [0.4, 0.5) is 4.79 Å². The Kier molecular flexibility index (Phi) is 8.16. The van der Waals surface area contributed by atoms with Crippen LogP contribution in [-0.4, -0.2) is 36.7 Å². The molecule has 1 saturated heterocycles. The van der Waals surface area contributed by atoms with Crippen molar-refractivity contribution in [1.82, 2.24) is 10.2 Å². The minimum absolute atomic E-state index is 0. The summed E-state index contributed by atoms with van der Waals surface area (Å²) in [4.78, 5) is 14.1. The van der Waals surface area contributed by atoms with Crippen molar-refractivity contribution in [2.24, 2.45) is 0 Å². The molecule has 1 heterocycles. The molecule has 118 valence electrons. The predicted octanol–water partition coefficient (Wildman–Crippen LogP) is 3.21. The summed E-state index contributed by atoms with van der Waals surface area (Å²) in [5.41, 5.74) is 1.03. The number of rotatable bonds is 5. The van der Waals surface area contributed by atoms with E-state index in [-0.39, 0.29) is 24.5 Å². The van der Waals surface area contributed by atoms with Gasteiger partial charge in [-0.2, -0.15) is 0 Å². The Hall–Kier alpha value is -1.26. The van der Waals surface area contributed by atoms with Gasteiger partial charge in [-0.3, -0.25) is 0 Å². The molecule has 0 aromatic heterocycles. The molecule has 1 aliphatic rings. The third-order valence-electron chi connectivity index (χ3n) is 3.68. The van der Waals surface area contributed by atoms with E-state index >= 15 is 0 Å². The Morgan fingerprint density at radius 2 is 2.14 bits per heavy atom. The Balaban J connectivity index is 0.00000220. The average molecular weight is 313 g/mol. The van der Waals surface area contributed by atoms with Gasteiger partial charge < -0.3 is 15.0 Å². The molecule has 1 amide bonds. The van der Waals surface area contributed by atoms with Crippen LogP contribution in [-0.2, 0) is 11.3 Å². The third kappa shape index (κ3) is 5.56. The second-order valence-corrected chi connectivity index (χ2v) is 5.23. The summed E-state index contributed by atoms with van der Waals surface area (Å²) in [5, 5.41) is 3.35. The van der Waals surface area contributed by atoms with Crippen molar-refractivity contribution in [1.29, 1.82) is 0 Å². The summed E-state index contributed by atoms with van der Waals surface area (Å²) >= 11 is 0. The lowest BCUT2D eigenvalue weighted by molar-refractivity contribution is 0.0698. The van der Waals surface area contributed by atoms with E-state index in [4.69, 9.17) is 4.74 Å². The van der Waals surface area contributed by atoms with Crippen molar-refractivity contribution < 1.29 is 9.53 Å². The van der Waals surface area contributed by atoms with Crippen LogP contribution < -0.4 is 5.32 Å². The summed E-state index contributed by atoms with van der Waals surface area (Å²) in [5.74, 6) is 0. The van der Waals surface area contributed by atoms with E-state index in [9.17, 15) is 4.79 Å². The molecule has 5 heteroatoms. The maximum absolute atomic E-state index is 12.2. The van der Waals surface area contributed by atoms with Gasteiger partial charge in [-0.05, 0) is 12.0 Å². The molecule has 1 aromatic rings. The number of hydrogen-bond acceptors (Lipinski definition) is 3. The molecule has 1 atom stereocenters. The van der Waals surface area contributed by atoms with Crippen LogP contribution in [0.3, 0.4) is 0 Å². The van der Waals surface area contributed by atoms with E-state index in [1.807, 2.05) is 35.2 Å². The molecule has 1 aromatic carbocycles. The fourth-order valence-electron chi connectivity index (χ4n) is 2.50. The van der Waals surface area contributed by atoms with Crippen LogP contribution in [0.5, 0.6) is 0 Å². The number of piperazine rings is 1. The molecule has 0 aliphatic carbocycles. The summed E-state index contributed by atoms with van der Waals surface area (Å²) in [6.45, 7) is 4.99. The van der Waals surface area contributed by atoms with Gasteiger partial charge in [0, 0.05) is 25.7 Å². The molecule has 0 unspecified atom stereocenters. The molecular formula is C16H25ClN2O2. The lowest BCUT2D eigenvalue weighted by Crippen LogP contribution is -2.53. The Labute approximate surface area is 133 Å². The van der Waals surface area contributed by atoms with Crippen molar-refractivity contribution in [3.63, 3.8) is 0 Å². The van der Waals surface area contributed by atoms with Crippen molar-refractivity contribution in [2.45, 2.75) is 38.8 Å². The van der Waals surface area contributed by atoms with Gasteiger partial charge in [-0.15, -0.1) is 12.4 Å². The highest BCUT2D eigenvalue weighted by Crippen LogP contribution is 2.13. The van der Waals surface area contributed by atoms with Crippen LogP contribution in [0.1, 0.15) is 31.7 Å². The van der Waals surface area contributed by atoms with E-state index in [2.05, 4.69) is 12.2 Å². The van der Waals surface area contributed by atoms with Gasteiger partial charge in [0.1, 0.15) is 6.61 Å². The zero-order valence-electron chi connectivity index (χ0n) is 12.6. The quantitative estimate of drug-likeness (QED) is 0.907. The monoisotopic (exact) mass is 312 g/mol. The van der Waals surface area contributed by atoms with E-state index in [1.54, 1.807) is 0 Å². The zero-order valence-corrected chi connectivity index (χ0v) is 13.4. The van der Waals surface area contributed by atoms with Crippen LogP contribution in [0, 0.1) is 0 Å². The van der Waals surface area contributed by atoms with E-state index in [0.29, 0.717) is 6.61 Å². The predicted molar refractivity (Wildman–Crippen MR) is 86.8 cm³/mol. The molecule has 0 saturated carbocycles. The molecule has 21 heavy (non-hydrogen) atoms. The normalized spacial score (nSPS) is 18.0. The second-order valence-electron chi connectivity index (χ2n) is 5.23. The fraction of sp³-hybridized carbons (Fsp3) is 0.562. The second kappa shape index (κ2) is 9.64. The van der Waals surface area contributed by atoms with Crippen molar-refractivity contribution in [2.75, 3.05) is 19.6 Å². The summed E-state index contributed by atoms with van der Waals surface area (Å²) in [6.07, 6.45) is 3.17.